The van der Waals surface area contributed by atoms with Crippen molar-refractivity contribution in [2.75, 3.05) is 10.6 Å². The average Bonchev–Trinajstić information content (AvgIpc) is 2.47. The van der Waals surface area contributed by atoms with E-state index < -0.39 is 6.10 Å². The molecule has 0 radical (unpaired) electrons. The summed E-state index contributed by atoms with van der Waals surface area (Å²) in [6.07, 6.45) is 0.0544. The summed E-state index contributed by atoms with van der Waals surface area (Å²) in [7, 11) is 0. The Morgan fingerprint density at radius 3 is 2.42 bits per heavy atom. The third kappa shape index (κ3) is 3.09. The number of fused-ring (bicyclic) bond motifs is 1. The van der Waals surface area contributed by atoms with Gasteiger partial charge in [-0.25, -0.2) is 0 Å². The van der Waals surface area contributed by atoms with Gasteiger partial charge in [0, 0.05) is 18.2 Å². The second-order valence-electron chi connectivity index (χ2n) is 6.84. The van der Waals surface area contributed by atoms with Gasteiger partial charge in [-0.3, -0.25) is 4.79 Å². The molecule has 1 atom stereocenters. The topological polar surface area (TPSA) is 55.6 Å². The van der Waals surface area contributed by atoms with E-state index in [1.807, 2.05) is 19.9 Å². The fourth-order valence-corrected chi connectivity index (χ4v) is 3.36. The highest BCUT2D eigenvalue weighted by Gasteiger charge is 2.36. The Labute approximate surface area is 143 Å². The van der Waals surface area contributed by atoms with Gasteiger partial charge in [-0.2, -0.15) is 0 Å². The smallest absolute Gasteiger partial charge is 0.268 e. The van der Waals surface area contributed by atoms with Gasteiger partial charge in [0.25, 0.3) is 5.91 Å². The van der Waals surface area contributed by atoms with Gasteiger partial charge in [0.15, 0.2) is 6.10 Å². The number of rotatable bonds is 3. The number of hydrogen-bond acceptors (Lipinski definition) is 3. The zero-order valence-corrected chi connectivity index (χ0v) is 14.7. The van der Waals surface area contributed by atoms with Gasteiger partial charge in [-0.15, -0.1) is 0 Å². The van der Waals surface area contributed by atoms with Crippen molar-refractivity contribution in [2.24, 2.45) is 0 Å². The number of carbonyl (C=O) groups excluding carboxylic acids is 1. The first-order chi connectivity index (χ1) is 11.3. The number of nitrogens with zero attached hydrogens (tertiary/aromatic N) is 1. The van der Waals surface area contributed by atoms with E-state index in [4.69, 9.17) is 10.5 Å². The quantitative estimate of drug-likeness (QED) is 0.877. The van der Waals surface area contributed by atoms with Crippen molar-refractivity contribution in [3.05, 3.63) is 53.1 Å². The lowest BCUT2D eigenvalue weighted by Crippen LogP contribution is -2.50. The molecule has 2 aromatic carbocycles. The number of ether oxygens (including phenoxy) is 1. The zero-order valence-electron chi connectivity index (χ0n) is 14.7. The average molecular weight is 324 g/mol. The van der Waals surface area contributed by atoms with Crippen LogP contribution in [0.4, 0.5) is 11.4 Å². The van der Waals surface area contributed by atoms with Gasteiger partial charge in [-0.05, 0) is 51.5 Å². The maximum absolute atomic E-state index is 13.0. The predicted octanol–water partition coefficient (Wildman–Crippen LogP) is 3.63. The second-order valence-corrected chi connectivity index (χ2v) is 6.84. The number of aryl methyl sites for hydroxylation is 2. The van der Waals surface area contributed by atoms with Crippen LogP contribution in [0.2, 0.25) is 0 Å². The zero-order chi connectivity index (χ0) is 17.4. The molecule has 3 rings (SSSR count). The molecule has 0 aliphatic carbocycles. The highest BCUT2D eigenvalue weighted by molar-refractivity contribution is 6.01. The van der Waals surface area contributed by atoms with Crippen LogP contribution in [0.25, 0.3) is 0 Å². The fourth-order valence-electron chi connectivity index (χ4n) is 3.36. The number of anilines is 2. The Hall–Kier alpha value is -2.49. The first-order valence-electron chi connectivity index (χ1n) is 8.31. The summed E-state index contributed by atoms with van der Waals surface area (Å²) in [5.74, 6) is 0.703. The molecular weight excluding hydrogens is 300 g/mol. The van der Waals surface area contributed by atoms with Crippen molar-refractivity contribution in [3.63, 3.8) is 0 Å². The number of nitrogens with two attached hydrogens (primary N) is 1. The van der Waals surface area contributed by atoms with Gasteiger partial charge in [0.05, 0.1) is 5.69 Å². The summed E-state index contributed by atoms with van der Waals surface area (Å²) < 4.78 is 6.02. The molecule has 0 spiro atoms. The van der Waals surface area contributed by atoms with Crippen molar-refractivity contribution < 1.29 is 9.53 Å². The first kappa shape index (κ1) is 16.4. The van der Waals surface area contributed by atoms with E-state index in [1.165, 1.54) is 11.1 Å². The van der Waals surface area contributed by atoms with Gasteiger partial charge in [-0.1, -0.05) is 29.3 Å². The highest BCUT2D eigenvalue weighted by atomic mass is 16.5. The lowest BCUT2D eigenvalue weighted by molar-refractivity contribution is -0.126. The largest absolute Gasteiger partial charge is 0.478 e. The lowest BCUT2D eigenvalue weighted by atomic mass is 10.00. The van der Waals surface area contributed by atoms with Gasteiger partial charge < -0.3 is 15.4 Å². The minimum absolute atomic E-state index is 0.0118. The first-order valence-corrected chi connectivity index (χ1v) is 8.31. The molecule has 0 bridgehead atoms. The predicted molar refractivity (Wildman–Crippen MR) is 97.5 cm³/mol. The van der Waals surface area contributed by atoms with E-state index in [1.54, 1.807) is 17.0 Å². The van der Waals surface area contributed by atoms with Crippen LogP contribution in [-0.4, -0.2) is 18.1 Å². The van der Waals surface area contributed by atoms with E-state index >= 15 is 0 Å². The molecule has 2 aromatic rings. The molecular formula is C20H24N2O2. The molecule has 0 aromatic heterocycles. The highest BCUT2D eigenvalue weighted by Crippen LogP contribution is 2.37. The molecule has 1 heterocycles. The van der Waals surface area contributed by atoms with Gasteiger partial charge in [0.1, 0.15) is 5.75 Å². The summed E-state index contributed by atoms with van der Waals surface area (Å²) in [6.45, 7) is 8.14. The third-order valence-electron chi connectivity index (χ3n) is 4.24. The fraction of sp³-hybridized carbons (Fsp3) is 0.350. The molecule has 4 nitrogen and oxygen atoms in total. The number of hydrogen-bond donors (Lipinski definition) is 1. The molecule has 4 heteroatoms. The Kier molecular flexibility index (Phi) is 4.22. The maximum Gasteiger partial charge on any atom is 0.268 e. The van der Waals surface area contributed by atoms with Crippen LogP contribution >= 0.6 is 0 Å². The van der Waals surface area contributed by atoms with Crippen LogP contribution in [0.1, 0.15) is 30.5 Å². The summed E-state index contributed by atoms with van der Waals surface area (Å²) >= 11 is 0. The molecule has 0 saturated carbocycles. The molecule has 1 unspecified atom stereocenters. The van der Waals surface area contributed by atoms with Crippen LogP contribution in [0.15, 0.2) is 36.4 Å². The SMILES string of the molecule is Cc1cc(C)cc(CC2Oc3ccc(N)cc3N(C(C)C)C2=O)c1. The van der Waals surface area contributed by atoms with Crippen LogP contribution in [0.3, 0.4) is 0 Å². The van der Waals surface area contributed by atoms with Crippen LogP contribution in [0, 0.1) is 13.8 Å². The normalized spacial score (nSPS) is 17.0. The maximum atomic E-state index is 13.0. The van der Waals surface area contributed by atoms with E-state index in [2.05, 4.69) is 32.0 Å². The second kappa shape index (κ2) is 6.19. The number of benzene rings is 2. The standard InChI is InChI=1S/C20H24N2O2/c1-12(2)22-17-11-16(21)5-6-18(17)24-19(20(22)23)10-15-8-13(3)7-14(4)9-15/h5-9,11-12,19H,10,21H2,1-4H3. The Morgan fingerprint density at radius 2 is 1.79 bits per heavy atom. The monoisotopic (exact) mass is 324 g/mol. The van der Waals surface area contributed by atoms with Gasteiger partial charge >= 0.3 is 0 Å². The van der Waals surface area contributed by atoms with Crippen molar-refractivity contribution in [2.45, 2.75) is 46.3 Å². The Balaban J connectivity index is 1.95. The molecule has 1 aliphatic heterocycles. The molecule has 0 fully saturated rings. The summed E-state index contributed by atoms with van der Waals surface area (Å²) in [5, 5.41) is 0. The molecule has 24 heavy (non-hydrogen) atoms. The molecule has 0 saturated heterocycles. The van der Waals surface area contributed by atoms with E-state index in [0.717, 1.165) is 11.3 Å². The lowest BCUT2D eigenvalue weighted by Gasteiger charge is -2.37. The van der Waals surface area contributed by atoms with Gasteiger partial charge in [0.2, 0.25) is 0 Å². The molecule has 126 valence electrons. The Bertz CT molecular complexity index is 763. The van der Waals surface area contributed by atoms with E-state index in [9.17, 15) is 4.79 Å². The van der Waals surface area contributed by atoms with Crippen molar-refractivity contribution in [1.82, 2.24) is 0 Å². The summed E-state index contributed by atoms with van der Waals surface area (Å²) in [4.78, 5) is 14.8. The Morgan fingerprint density at radius 1 is 1.12 bits per heavy atom. The molecule has 1 amide bonds. The van der Waals surface area contributed by atoms with Crippen molar-refractivity contribution in [3.8, 4) is 5.75 Å². The van der Waals surface area contributed by atoms with E-state index in [0.29, 0.717) is 17.9 Å². The van der Waals surface area contributed by atoms with Crippen molar-refractivity contribution >= 4 is 17.3 Å². The van der Waals surface area contributed by atoms with Crippen LogP contribution in [-0.2, 0) is 11.2 Å². The summed E-state index contributed by atoms with van der Waals surface area (Å²) in [5.41, 5.74) is 10.8. The minimum Gasteiger partial charge on any atom is -0.478 e. The van der Waals surface area contributed by atoms with E-state index in [-0.39, 0.29) is 11.9 Å². The van der Waals surface area contributed by atoms with Crippen LogP contribution in [0.5, 0.6) is 5.75 Å². The van der Waals surface area contributed by atoms with Crippen molar-refractivity contribution in [1.29, 1.82) is 0 Å². The number of amides is 1. The molecule has 2 N–H and O–H groups in total. The minimum atomic E-state index is -0.510. The van der Waals surface area contributed by atoms with Crippen LogP contribution < -0.4 is 15.4 Å². The number of nitrogen functional groups attached to an aromatic ring is 1. The molecule has 1 aliphatic rings. The summed E-state index contributed by atoms with van der Waals surface area (Å²) in [6, 6.07) is 11.9. The third-order valence-corrected chi connectivity index (χ3v) is 4.24. The number of carbonyl (C=O) groups is 1.